The van der Waals surface area contributed by atoms with Crippen LogP contribution in [0.5, 0.6) is 0 Å². The fourth-order valence-electron chi connectivity index (χ4n) is 7.40. The molecule has 0 spiro atoms. The Hall–Kier alpha value is -6.80. The van der Waals surface area contributed by atoms with E-state index in [0.29, 0.717) is 11.1 Å². The molecule has 7 aromatic carbocycles. The summed E-state index contributed by atoms with van der Waals surface area (Å²) in [5.41, 5.74) is 7.93. The highest BCUT2D eigenvalue weighted by Gasteiger charge is 2.23. The average Bonchev–Trinajstić information content (AvgIpc) is 3.81. The minimum Gasteiger partial charge on any atom is -0.447 e. The maximum atomic E-state index is 13.5. The summed E-state index contributed by atoms with van der Waals surface area (Å²) in [6.07, 6.45) is 0. The SMILES string of the molecule is N#Cc1ccc(S(=O)(=O)c2ccc(-n3c4ccccc4c4c3ccc3c5cc6oc7c#cccc7c6cc5n(-c5ccccc5)c34)cc2)cc1. The van der Waals surface area contributed by atoms with Gasteiger partial charge in [0.2, 0.25) is 9.84 Å². The zero-order chi connectivity index (χ0) is 33.6. The van der Waals surface area contributed by atoms with E-state index in [-0.39, 0.29) is 9.79 Å². The molecule has 0 atom stereocenters. The average molecular weight is 662 g/mol. The number of furan rings is 1. The first kappa shape index (κ1) is 28.2. The number of hydrogen-bond acceptors (Lipinski definition) is 4. The molecule has 50 heavy (non-hydrogen) atoms. The number of benzene rings is 6. The number of aromatic nitrogens is 2. The largest absolute Gasteiger partial charge is 0.447 e. The van der Waals surface area contributed by atoms with Crippen molar-refractivity contribution in [3.8, 4) is 17.4 Å². The monoisotopic (exact) mass is 661 g/mol. The van der Waals surface area contributed by atoms with Crippen LogP contribution < -0.4 is 0 Å². The van der Waals surface area contributed by atoms with Crippen LogP contribution in [0.3, 0.4) is 0 Å². The summed E-state index contributed by atoms with van der Waals surface area (Å²) in [5, 5.41) is 15.5. The molecule has 3 heterocycles. The molecule has 0 radical (unpaired) electrons. The first-order valence-electron chi connectivity index (χ1n) is 16.1. The van der Waals surface area contributed by atoms with Crippen LogP contribution >= 0.6 is 0 Å². The predicted octanol–water partition coefficient (Wildman–Crippen LogP) is 10.1. The molecule has 0 saturated heterocycles. The number of sulfone groups is 1. The van der Waals surface area contributed by atoms with Crippen molar-refractivity contribution in [1.29, 1.82) is 5.26 Å². The van der Waals surface area contributed by atoms with Crippen molar-refractivity contribution in [2.24, 2.45) is 0 Å². The van der Waals surface area contributed by atoms with Crippen LogP contribution in [0.1, 0.15) is 5.56 Å². The van der Waals surface area contributed by atoms with Gasteiger partial charge >= 0.3 is 0 Å². The van der Waals surface area contributed by atoms with Crippen LogP contribution in [0.15, 0.2) is 154 Å². The van der Waals surface area contributed by atoms with Gasteiger partial charge in [-0.3, -0.25) is 0 Å². The molecule has 3 aromatic heterocycles. The Labute approximate surface area is 286 Å². The van der Waals surface area contributed by atoms with Gasteiger partial charge in [-0.05, 0) is 103 Å². The molecule has 0 saturated carbocycles. The standard InChI is InChI=1S/C43H23N3O3S/c44-26-27-14-18-30(19-15-27)50(47,48)31-20-16-29(17-21-31)45-37-12-6-4-11-34(37)42-38(45)23-22-33-35-25-41-36(32-10-5-7-13-40(32)49-41)24-39(35)46(43(33)42)28-8-2-1-3-9-28/h1-6,8-12,14-25H. The summed E-state index contributed by atoms with van der Waals surface area (Å²) >= 11 is 0. The van der Waals surface area contributed by atoms with Crippen LogP contribution in [-0.4, -0.2) is 17.6 Å². The van der Waals surface area contributed by atoms with Crippen LogP contribution in [-0.2, 0) is 9.84 Å². The van der Waals surface area contributed by atoms with Gasteiger partial charge < -0.3 is 13.6 Å². The molecular weight excluding hydrogens is 639 g/mol. The number of nitriles is 1. The molecule has 0 amide bonds. The Bertz CT molecular complexity index is 3150. The predicted molar refractivity (Wildman–Crippen MR) is 197 cm³/mol. The lowest BCUT2D eigenvalue weighted by Gasteiger charge is -2.11. The van der Waals surface area contributed by atoms with E-state index in [4.69, 9.17) is 9.68 Å². The molecule has 0 N–H and O–H groups in total. The van der Waals surface area contributed by atoms with E-state index in [0.717, 1.165) is 71.3 Å². The number of rotatable bonds is 4. The second-order valence-corrected chi connectivity index (χ2v) is 14.3. The fourth-order valence-corrected chi connectivity index (χ4v) is 8.66. The first-order chi connectivity index (χ1) is 24.5. The smallest absolute Gasteiger partial charge is 0.206 e. The lowest BCUT2D eigenvalue weighted by Crippen LogP contribution is -2.03. The zero-order valence-electron chi connectivity index (χ0n) is 26.3. The molecule has 0 aliphatic carbocycles. The highest BCUT2D eigenvalue weighted by molar-refractivity contribution is 7.91. The molecule has 10 rings (SSSR count). The molecular formula is C43H23N3O3S. The van der Waals surface area contributed by atoms with Crippen LogP contribution in [0, 0.1) is 23.5 Å². The summed E-state index contributed by atoms with van der Waals surface area (Å²) in [5.74, 6) is 0. The summed E-state index contributed by atoms with van der Waals surface area (Å²) < 4.78 is 37.8. The minimum absolute atomic E-state index is 0.147. The molecule has 0 unspecified atom stereocenters. The van der Waals surface area contributed by atoms with Crippen molar-refractivity contribution in [3.63, 3.8) is 0 Å². The van der Waals surface area contributed by atoms with Crippen LogP contribution in [0.25, 0.3) is 76.9 Å². The summed E-state index contributed by atoms with van der Waals surface area (Å²) in [6, 6.07) is 52.4. The lowest BCUT2D eigenvalue weighted by molar-refractivity contribution is 0.596. The van der Waals surface area contributed by atoms with E-state index in [1.54, 1.807) is 12.1 Å². The van der Waals surface area contributed by atoms with Gasteiger partial charge in [0.1, 0.15) is 5.58 Å². The van der Waals surface area contributed by atoms with Crippen LogP contribution in [0.4, 0.5) is 0 Å². The van der Waals surface area contributed by atoms with Crippen molar-refractivity contribution in [3.05, 3.63) is 157 Å². The second kappa shape index (κ2) is 10.3. The van der Waals surface area contributed by atoms with E-state index in [1.807, 2.05) is 42.5 Å². The Kier molecular flexibility index (Phi) is 5.84. The van der Waals surface area contributed by atoms with E-state index >= 15 is 0 Å². The number of hydrogen-bond donors (Lipinski definition) is 0. The van der Waals surface area contributed by atoms with Gasteiger partial charge in [0.25, 0.3) is 0 Å². The minimum atomic E-state index is -3.77. The molecule has 10 aromatic rings. The molecule has 234 valence electrons. The number of nitrogens with zero attached hydrogens (tertiary/aromatic N) is 3. The van der Waals surface area contributed by atoms with Crippen molar-refractivity contribution >= 4 is 75.4 Å². The van der Waals surface area contributed by atoms with E-state index in [1.165, 1.54) is 24.3 Å². The van der Waals surface area contributed by atoms with E-state index in [2.05, 4.69) is 88.0 Å². The van der Waals surface area contributed by atoms with Gasteiger partial charge in [0.15, 0.2) is 5.58 Å². The zero-order valence-corrected chi connectivity index (χ0v) is 27.1. The lowest BCUT2D eigenvalue weighted by atomic mass is 10.1. The fraction of sp³-hybridized carbons (Fsp3) is 0. The van der Waals surface area contributed by atoms with E-state index in [9.17, 15) is 8.42 Å². The Balaban J connectivity index is 1.25. The highest BCUT2D eigenvalue weighted by atomic mass is 32.2. The van der Waals surface area contributed by atoms with Crippen LogP contribution in [0.2, 0.25) is 0 Å². The third-order valence-corrected chi connectivity index (χ3v) is 11.4. The number of para-hydroxylation sites is 2. The molecule has 0 aliphatic heterocycles. The van der Waals surface area contributed by atoms with Crippen molar-refractivity contribution in [2.75, 3.05) is 0 Å². The normalized spacial score (nSPS) is 12.0. The van der Waals surface area contributed by atoms with Gasteiger partial charge in [0, 0.05) is 43.7 Å². The van der Waals surface area contributed by atoms with E-state index < -0.39 is 9.84 Å². The molecule has 0 bridgehead atoms. The van der Waals surface area contributed by atoms with Gasteiger partial charge in [-0.15, -0.1) is 0 Å². The molecule has 6 nitrogen and oxygen atoms in total. The number of fused-ring (bicyclic) bond motifs is 10. The van der Waals surface area contributed by atoms with Crippen molar-refractivity contribution in [2.45, 2.75) is 9.79 Å². The summed E-state index contributed by atoms with van der Waals surface area (Å²) in [7, 11) is -3.77. The molecule has 7 heteroatoms. The Morgan fingerprint density at radius 2 is 1.32 bits per heavy atom. The molecule has 0 fully saturated rings. The second-order valence-electron chi connectivity index (χ2n) is 12.3. The van der Waals surface area contributed by atoms with Crippen molar-refractivity contribution in [1.82, 2.24) is 9.13 Å². The van der Waals surface area contributed by atoms with Crippen molar-refractivity contribution < 1.29 is 12.8 Å². The Morgan fingerprint density at radius 3 is 2.10 bits per heavy atom. The first-order valence-corrected chi connectivity index (χ1v) is 17.6. The third-order valence-electron chi connectivity index (χ3n) is 9.64. The quantitative estimate of drug-likeness (QED) is 0.188. The Morgan fingerprint density at radius 1 is 0.600 bits per heavy atom. The highest BCUT2D eigenvalue weighted by Crippen LogP contribution is 2.44. The maximum Gasteiger partial charge on any atom is 0.206 e. The molecule has 0 aliphatic rings. The summed E-state index contributed by atoms with van der Waals surface area (Å²) in [4.78, 5) is 0.333. The third kappa shape index (κ3) is 3.93. The topological polar surface area (TPSA) is 80.9 Å². The maximum absolute atomic E-state index is 13.5. The summed E-state index contributed by atoms with van der Waals surface area (Å²) in [6.45, 7) is 0. The van der Waals surface area contributed by atoms with Gasteiger partial charge in [-0.2, -0.15) is 5.26 Å². The van der Waals surface area contributed by atoms with Gasteiger partial charge in [-0.25, -0.2) is 8.42 Å². The van der Waals surface area contributed by atoms with Gasteiger partial charge in [0.05, 0.1) is 43.5 Å². The van der Waals surface area contributed by atoms with Gasteiger partial charge in [-0.1, -0.05) is 48.5 Å².